The normalized spacial score (nSPS) is 40.2. The Hall–Kier alpha value is -1.86. The Labute approximate surface area is 227 Å². The monoisotopic (exact) mass is 528 g/mol. The standard InChI is InChI=1S/C31H48N2O5/c1-6-33(18-17-32(4)5)28(35)38-23-11-14-29(2)22(19-23)8-9-26-25(29)12-15-30(3)24(13-16-31(26,30)36)21-7-10-27(34)37-20-21/h7,10,20,22-26,36H,6,8-9,11-19H2,1-5H3/t22-,23+,24-,25+,26-,29+,30-,31+/m1/s1. The predicted molar refractivity (Wildman–Crippen MR) is 147 cm³/mol. The molecule has 1 N–H and O–H groups in total. The van der Waals surface area contributed by atoms with E-state index in [1.54, 1.807) is 6.26 Å². The summed E-state index contributed by atoms with van der Waals surface area (Å²) < 4.78 is 11.3. The highest BCUT2D eigenvalue weighted by Gasteiger charge is 2.67. The fourth-order valence-electron chi connectivity index (χ4n) is 9.31. The van der Waals surface area contributed by atoms with Gasteiger partial charge >= 0.3 is 11.7 Å². The average Bonchev–Trinajstić information content (AvgIpc) is 3.16. The molecule has 4 fully saturated rings. The van der Waals surface area contributed by atoms with Gasteiger partial charge in [-0.2, -0.15) is 0 Å². The van der Waals surface area contributed by atoms with Crippen LogP contribution in [0.3, 0.4) is 0 Å². The molecule has 0 aliphatic heterocycles. The third kappa shape index (κ3) is 4.51. The Balaban J connectivity index is 1.28. The number of fused-ring (bicyclic) bond motifs is 5. The summed E-state index contributed by atoms with van der Waals surface area (Å²) in [5.41, 5.74) is 0.00720. The first kappa shape index (κ1) is 27.7. The maximum Gasteiger partial charge on any atom is 0.410 e. The van der Waals surface area contributed by atoms with Crippen molar-refractivity contribution in [3.63, 3.8) is 0 Å². The van der Waals surface area contributed by atoms with Gasteiger partial charge in [0.1, 0.15) is 6.10 Å². The number of hydrogen-bond donors (Lipinski definition) is 1. The van der Waals surface area contributed by atoms with Gasteiger partial charge in [0, 0.05) is 31.1 Å². The SMILES string of the molecule is CCN(CCN(C)C)C(=O)O[C@H]1CC[C@@]2(C)[C@H](CC[C@@H]3[C@@H]2CC[C@]2(C)[C@@H](c4ccc(=O)oc4)CC[C@]32O)C1. The molecule has 7 nitrogen and oxygen atoms in total. The maximum atomic E-state index is 12.9. The minimum Gasteiger partial charge on any atom is -0.446 e. The van der Waals surface area contributed by atoms with Crippen molar-refractivity contribution < 1.29 is 19.1 Å². The predicted octanol–water partition coefficient (Wildman–Crippen LogP) is 5.27. The van der Waals surface area contributed by atoms with Crippen molar-refractivity contribution >= 4 is 6.09 Å². The van der Waals surface area contributed by atoms with Gasteiger partial charge in [0.2, 0.25) is 0 Å². The molecule has 38 heavy (non-hydrogen) atoms. The van der Waals surface area contributed by atoms with Gasteiger partial charge in [-0.25, -0.2) is 9.59 Å². The van der Waals surface area contributed by atoms with Crippen molar-refractivity contribution in [2.75, 3.05) is 33.7 Å². The van der Waals surface area contributed by atoms with Gasteiger partial charge in [-0.05, 0) is 120 Å². The lowest BCUT2D eigenvalue weighted by atomic mass is 9.43. The van der Waals surface area contributed by atoms with E-state index in [1.165, 1.54) is 6.07 Å². The van der Waals surface area contributed by atoms with Crippen LogP contribution in [0.4, 0.5) is 4.79 Å². The molecule has 1 heterocycles. The number of rotatable bonds is 6. The fourth-order valence-corrected chi connectivity index (χ4v) is 9.31. The second kappa shape index (κ2) is 10.3. The van der Waals surface area contributed by atoms with Crippen molar-refractivity contribution in [2.45, 2.75) is 96.2 Å². The van der Waals surface area contributed by atoms with Crippen molar-refractivity contribution in [2.24, 2.45) is 28.6 Å². The molecule has 7 heteroatoms. The summed E-state index contributed by atoms with van der Waals surface area (Å²) in [6.45, 7) is 8.95. The summed E-state index contributed by atoms with van der Waals surface area (Å²) in [5.74, 6) is 1.53. The lowest BCUT2D eigenvalue weighted by molar-refractivity contribution is -0.205. The molecular weight excluding hydrogens is 480 g/mol. The van der Waals surface area contributed by atoms with Crippen LogP contribution in [0.25, 0.3) is 0 Å². The molecule has 0 aromatic carbocycles. The summed E-state index contributed by atoms with van der Waals surface area (Å²) in [4.78, 5) is 28.4. The molecule has 212 valence electrons. The highest BCUT2D eigenvalue weighted by Crippen LogP contribution is 2.70. The van der Waals surface area contributed by atoms with Crippen molar-refractivity contribution in [1.82, 2.24) is 9.80 Å². The lowest BCUT2D eigenvalue weighted by Crippen LogP contribution is -2.62. The topological polar surface area (TPSA) is 83.2 Å². The maximum absolute atomic E-state index is 12.9. The molecular formula is C31H48N2O5. The zero-order valence-electron chi connectivity index (χ0n) is 24.1. The number of carbonyl (C=O) groups excluding carboxylic acids is 1. The quantitative estimate of drug-likeness (QED) is 0.542. The third-order valence-corrected chi connectivity index (χ3v) is 11.7. The van der Waals surface area contributed by atoms with Gasteiger partial charge in [-0.3, -0.25) is 0 Å². The zero-order valence-corrected chi connectivity index (χ0v) is 24.1. The molecule has 1 aromatic heterocycles. The van der Waals surface area contributed by atoms with E-state index < -0.39 is 5.60 Å². The first-order chi connectivity index (χ1) is 18.0. The largest absolute Gasteiger partial charge is 0.446 e. The van der Waals surface area contributed by atoms with Crippen LogP contribution < -0.4 is 5.63 Å². The number of likely N-dealkylation sites (N-methyl/N-ethyl adjacent to an activating group) is 2. The molecule has 0 spiro atoms. The molecule has 0 unspecified atom stereocenters. The van der Waals surface area contributed by atoms with Crippen LogP contribution in [0.15, 0.2) is 27.6 Å². The molecule has 4 saturated carbocycles. The van der Waals surface area contributed by atoms with E-state index >= 15 is 0 Å². The number of amides is 1. The van der Waals surface area contributed by atoms with E-state index in [-0.39, 0.29) is 34.6 Å². The van der Waals surface area contributed by atoms with Crippen molar-refractivity contribution in [1.29, 1.82) is 0 Å². The minimum atomic E-state index is -0.692. The lowest BCUT2D eigenvalue weighted by Gasteiger charge is -2.63. The van der Waals surface area contributed by atoms with Crippen LogP contribution >= 0.6 is 0 Å². The summed E-state index contributed by atoms with van der Waals surface area (Å²) >= 11 is 0. The second-order valence-corrected chi connectivity index (χ2v) is 13.5. The number of nitrogens with zero attached hydrogens (tertiary/aromatic N) is 2. The van der Waals surface area contributed by atoms with Gasteiger partial charge in [-0.15, -0.1) is 0 Å². The Kier molecular flexibility index (Phi) is 7.49. The molecule has 4 aliphatic carbocycles. The molecule has 0 bridgehead atoms. The number of hydrogen-bond acceptors (Lipinski definition) is 6. The molecule has 4 aliphatic rings. The van der Waals surface area contributed by atoms with Gasteiger partial charge < -0.3 is 24.1 Å². The first-order valence-corrected chi connectivity index (χ1v) is 14.9. The Morgan fingerprint density at radius 2 is 1.84 bits per heavy atom. The van der Waals surface area contributed by atoms with Gasteiger partial charge in [0.15, 0.2) is 0 Å². The number of ether oxygens (including phenoxy) is 1. The number of aliphatic hydroxyl groups is 1. The second-order valence-electron chi connectivity index (χ2n) is 13.5. The minimum absolute atomic E-state index is 0.00827. The molecule has 1 aromatic rings. The third-order valence-electron chi connectivity index (χ3n) is 11.7. The number of carbonyl (C=O) groups is 1. The van der Waals surface area contributed by atoms with Gasteiger partial charge in [0.25, 0.3) is 0 Å². The molecule has 1 amide bonds. The van der Waals surface area contributed by atoms with E-state index in [2.05, 4.69) is 18.7 Å². The van der Waals surface area contributed by atoms with Crippen LogP contribution in [0.2, 0.25) is 0 Å². The van der Waals surface area contributed by atoms with Crippen LogP contribution in [0, 0.1) is 28.6 Å². The highest BCUT2D eigenvalue weighted by atomic mass is 16.6. The Bertz CT molecular complexity index is 1050. The van der Waals surface area contributed by atoms with E-state index in [0.717, 1.165) is 69.9 Å². The van der Waals surface area contributed by atoms with Crippen molar-refractivity contribution in [3.05, 3.63) is 34.4 Å². The van der Waals surface area contributed by atoms with E-state index in [4.69, 9.17) is 9.15 Å². The van der Waals surface area contributed by atoms with Crippen molar-refractivity contribution in [3.8, 4) is 0 Å². The summed E-state index contributed by atoms with van der Waals surface area (Å²) in [6.07, 6.45) is 10.4. The summed E-state index contributed by atoms with van der Waals surface area (Å²) in [6, 6.07) is 3.42. The summed E-state index contributed by atoms with van der Waals surface area (Å²) in [7, 11) is 4.04. The van der Waals surface area contributed by atoms with Crippen LogP contribution in [-0.2, 0) is 4.74 Å². The molecule has 0 radical (unpaired) electrons. The summed E-state index contributed by atoms with van der Waals surface area (Å²) in [5, 5.41) is 12.4. The van der Waals surface area contributed by atoms with E-state index in [9.17, 15) is 14.7 Å². The van der Waals surface area contributed by atoms with Crippen LogP contribution in [0.5, 0.6) is 0 Å². The van der Waals surface area contributed by atoms with Crippen LogP contribution in [0.1, 0.15) is 90.0 Å². The van der Waals surface area contributed by atoms with E-state index in [0.29, 0.717) is 30.8 Å². The van der Waals surface area contributed by atoms with Gasteiger partial charge in [-0.1, -0.05) is 13.8 Å². The average molecular weight is 529 g/mol. The fraction of sp³-hybridized carbons (Fsp3) is 0.806. The molecule has 8 atom stereocenters. The Morgan fingerprint density at radius 3 is 2.53 bits per heavy atom. The molecule has 0 saturated heterocycles. The smallest absolute Gasteiger partial charge is 0.410 e. The Morgan fingerprint density at radius 1 is 1.05 bits per heavy atom. The first-order valence-electron chi connectivity index (χ1n) is 14.9. The van der Waals surface area contributed by atoms with Crippen LogP contribution in [-0.4, -0.2) is 66.4 Å². The van der Waals surface area contributed by atoms with E-state index in [1.807, 2.05) is 32.0 Å². The van der Waals surface area contributed by atoms with Gasteiger partial charge in [0.05, 0.1) is 11.9 Å². The molecule has 5 rings (SSSR count). The highest BCUT2D eigenvalue weighted by molar-refractivity contribution is 5.67. The zero-order chi connectivity index (χ0) is 27.3.